The van der Waals surface area contributed by atoms with Gasteiger partial charge in [-0.15, -0.1) is 0 Å². The van der Waals surface area contributed by atoms with E-state index in [1.165, 1.54) is 11.6 Å². The number of alkyl halides is 3. The van der Waals surface area contributed by atoms with Crippen molar-refractivity contribution in [2.24, 2.45) is 5.92 Å². The van der Waals surface area contributed by atoms with Crippen LogP contribution in [0.2, 0.25) is 0 Å². The number of hydrogen-bond acceptors (Lipinski definition) is 4. The van der Waals surface area contributed by atoms with Crippen LogP contribution >= 0.6 is 0 Å². The summed E-state index contributed by atoms with van der Waals surface area (Å²) in [6.07, 6.45) is -1.32. The predicted molar refractivity (Wildman–Crippen MR) is 141 cm³/mol. The van der Waals surface area contributed by atoms with Crippen LogP contribution in [0.1, 0.15) is 36.8 Å². The summed E-state index contributed by atoms with van der Waals surface area (Å²) >= 11 is 0. The normalized spacial score (nSPS) is 25.3. The number of hydrogen-bond donors (Lipinski definition) is 1. The van der Waals surface area contributed by atoms with Gasteiger partial charge >= 0.3 is 12.2 Å². The molecule has 0 bridgehead atoms. The first-order valence-electron chi connectivity index (χ1n) is 13.6. The van der Waals surface area contributed by atoms with Crippen molar-refractivity contribution in [2.45, 2.75) is 43.3 Å². The second-order valence-corrected chi connectivity index (χ2v) is 11.1. The smallest absolute Gasteiger partial charge is 0.419 e. The maximum absolute atomic E-state index is 13.8. The van der Waals surface area contributed by atoms with Gasteiger partial charge in [-0.2, -0.15) is 13.2 Å². The van der Waals surface area contributed by atoms with Gasteiger partial charge in [0.2, 0.25) is 0 Å². The molecule has 2 amide bonds. The highest BCUT2D eigenvalue weighted by atomic mass is 19.4. The van der Waals surface area contributed by atoms with Gasteiger partial charge in [-0.3, -0.25) is 0 Å². The quantitative estimate of drug-likeness (QED) is 0.446. The van der Waals surface area contributed by atoms with Crippen LogP contribution < -0.4 is 10.1 Å². The zero-order chi connectivity index (χ0) is 27.8. The lowest BCUT2D eigenvalue weighted by atomic mass is 9.93. The molecule has 1 heterocycles. The molecule has 6 nitrogen and oxygen atoms in total. The number of amides is 2. The van der Waals surface area contributed by atoms with Gasteiger partial charge in [0.1, 0.15) is 11.6 Å². The van der Waals surface area contributed by atoms with Crippen LogP contribution in [0.25, 0.3) is 0 Å². The summed E-state index contributed by atoms with van der Waals surface area (Å²) in [5, 5.41) is 2.64. The van der Waals surface area contributed by atoms with Crippen molar-refractivity contribution in [3.63, 3.8) is 0 Å². The number of nitrogens with one attached hydrogen (secondary N) is 1. The van der Waals surface area contributed by atoms with Gasteiger partial charge in [0.25, 0.3) is 0 Å². The summed E-state index contributed by atoms with van der Waals surface area (Å²) in [6, 6.07) is 10.3. The zero-order valence-corrected chi connectivity index (χ0v) is 22.4. The Kier molecular flexibility index (Phi) is 7.79. The molecule has 1 aliphatic heterocycles. The maximum atomic E-state index is 13.8. The number of anilines is 1. The van der Waals surface area contributed by atoms with Crippen LogP contribution in [0.4, 0.5) is 28.0 Å². The summed E-state index contributed by atoms with van der Waals surface area (Å²) in [4.78, 5) is 20.1. The topological polar surface area (TPSA) is 48.1 Å². The van der Waals surface area contributed by atoms with Gasteiger partial charge in [-0.05, 0) is 81.1 Å². The molecule has 2 aliphatic carbocycles. The molecule has 5 rings (SSSR count). The van der Waals surface area contributed by atoms with Crippen molar-refractivity contribution in [2.75, 3.05) is 58.7 Å². The highest BCUT2D eigenvalue weighted by Gasteiger charge is 2.64. The molecule has 0 aromatic heterocycles. The second kappa shape index (κ2) is 11.0. The molecule has 2 saturated carbocycles. The van der Waals surface area contributed by atoms with E-state index >= 15 is 0 Å². The number of carbonyl (C=O) groups excluding carboxylic acids is 1. The Labute approximate surface area is 226 Å². The number of halogens is 4. The molecule has 39 heavy (non-hydrogen) atoms. The van der Waals surface area contributed by atoms with E-state index in [-0.39, 0.29) is 17.1 Å². The molecule has 2 aromatic rings. The number of rotatable bonds is 8. The highest BCUT2D eigenvalue weighted by molar-refractivity contribution is 5.89. The molecule has 3 fully saturated rings. The molecule has 212 valence electrons. The molecular weight excluding hydrogens is 512 g/mol. The van der Waals surface area contributed by atoms with E-state index in [1.807, 2.05) is 17.0 Å². The lowest BCUT2D eigenvalue weighted by molar-refractivity contribution is -0.139. The fourth-order valence-corrected chi connectivity index (χ4v) is 6.47. The van der Waals surface area contributed by atoms with Crippen molar-refractivity contribution in [3.05, 3.63) is 59.4 Å². The van der Waals surface area contributed by atoms with Crippen molar-refractivity contribution < 1.29 is 27.1 Å². The molecule has 3 aliphatic rings. The molecule has 1 saturated heterocycles. The molecular formula is C29H36F4N4O2. The van der Waals surface area contributed by atoms with Crippen LogP contribution in [-0.2, 0) is 11.6 Å². The fourth-order valence-electron chi connectivity index (χ4n) is 6.47. The van der Waals surface area contributed by atoms with Crippen LogP contribution in [-0.4, -0.2) is 80.2 Å². The third-order valence-corrected chi connectivity index (χ3v) is 8.80. The Morgan fingerprint density at radius 2 is 1.85 bits per heavy atom. The van der Waals surface area contributed by atoms with Gasteiger partial charge < -0.3 is 24.8 Å². The minimum Gasteiger partial charge on any atom is -0.497 e. The summed E-state index contributed by atoms with van der Waals surface area (Å²) in [5.74, 6) is -0.272. The third-order valence-electron chi connectivity index (χ3n) is 8.80. The third kappa shape index (κ3) is 5.87. The van der Waals surface area contributed by atoms with E-state index in [2.05, 4.69) is 34.3 Å². The van der Waals surface area contributed by atoms with Crippen LogP contribution in [0, 0.1) is 11.7 Å². The predicted octanol–water partition coefficient (Wildman–Crippen LogP) is 5.44. The summed E-state index contributed by atoms with van der Waals surface area (Å²) in [6.45, 7) is 5.33. The van der Waals surface area contributed by atoms with Crippen LogP contribution in [0.15, 0.2) is 42.5 Å². The number of benzene rings is 2. The average Bonchev–Trinajstić information content (AvgIpc) is 3.54. The zero-order valence-electron chi connectivity index (χ0n) is 22.4. The van der Waals surface area contributed by atoms with Gasteiger partial charge in [0, 0.05) is 49.9 Å². The highest BCUT2D eigenvalue weighted by Crippen LogP contribution is 2.65. The molecule has 0 unspecified atom stereocenters. The van der Waals surface area contributed by atoms with E-state index < -0.39 is 23.6 Å². The first kappa shape index (κ1) is 27.7. The van der Waals surface area contributed by atoms with E-state index in [0.717, 1.165) is 70.2 Å². The number of likely N-dealkylation sites (N-methyl/N-ethyl adjacent to an activating group) is 1. The standard InChI is InChI=1S/C29H36F4N4O2/c1-35-14-16-36(17-15-35)12-3-13-37(27(38)34-21-6-9-25(30)23(18-21)29(31,32)33)26-10-11-28(19-24(26)28)20-4-7-22(39-2)8-5-20/h4-9,18,24,26H,3,10-17,19H2,1-2H3,(H,34,38)/t24-,26-,28-/m1/s1. The lowest BCUT2D eigenvalue weighted by Crippen LogP contribution is -2.47. The van der Waals surface area contributed by atoms with Crippen molar-refractivity contribution in [3.8, 4) is 5.75 Å². The Hall–Kier alpha value is -2.85. The van der Waals surface area contributed by atoms with Crippen molar-refractivity contribution in [1.82, 2.24) is 14.7 Å². The average molecular weight is 549 g/mol. The largest absolute Gasteiger partial charge is 0.497 e. The number of piperazine rings is 1. The molecule has 0 spiro atoms. The summed E-state index contributed by atoms with van der Waals surface area (Å²) in [5.41, 5.74) is -0.190. The first-order chi connectivity index (χ1) is 18.6. The van der Waals surface area contributed by atoms with E-state index in [1.54, 1.807) is 7.11 Å². The Morgan fingerprint density at radius 1 is 1.13 bits per heavy atom. The van der Waals surface area contributed by atoms with Crippen LogP contribution in [0.3, 0.4) is 0 Å². The molecule has 0 radical (unpaired) electrons. The number of carbonyl (C=O) groups is 1. The Balaban J connectivity index is 1.31. The SMILES string of the molecule is COc1ccc([C@]23CC[C@@H](N(CCCN4CCN(C)CC4)C(=O)Nc4ccc(F)c(C(F)(F)F)c4)[C@H]2C3)cc1. The molecule has 10 heteroatoms. The first-order valence-corrected chi connectivity index (χ1v) is 13.6. The number of nitrogens with zero attached hydrogens (tertiary/aromatic N) is 3. The Bertz CT molecular complexity index is 1170. The van der Waals surface area contributed by atoms with Crippen molar-refractivity contribution >= 4 is 11.7 Å². The van der Waals surface area contributed by atoms with Gasteiger partial charge in [0.05, 0.1) is 12.7 Å². The minimum atomic E-state index is -4.84. The van der Waals surface area contributed by atoms with Gasteiger partial charge in [0.15, 0.2) is 0 Å². The van der Waals surface area contributed by atoms with Crippen LogP contribution in [0.5, 0.6) is 5.75 Å². The van der Waals surface area contributed by atoms with Gasteiger partial charge in [-0.25, -0.2) is 9.18 Å². The van der Waals surface area contributed by atoms with E-state index in [0.29, 0.717) is 18.5 Å². The number of fused-ring (bicyclic) bond motifs is 1. The number of methoxy groups -OCH3 is 1. The minimum absolute atomic E-state index is 0.0119. The number of urea groups is 1. The van der Waals surface area contributed by atoms with Gasteiger partial charge in [-0.1, -0.05) is 12.1 Å². The lowest BCUT2D eigenvalue weighted by Gasteiger charge is -2.34. The maximum Gasteiger partial charge on any atom is 0.419 e. The summed E-state index contributed by atoms with van der Waals surface area (Å²) < 4.78 is 58.9. The summed E-state index contributed by atoms with van der Waals surface area (Å²) in [7, 11) is 3.74. The monoisotopic (exact) mass is 548 g/mol. The Morgan fingerprint density at radius 3 is 2.49 bits per heavy atom. The number of ether oxygens (including phenoxy) is 1. The second-order valence-electron chi connectivity index (χ2n) is 11.1. The van der Waals surface area contributed by atoms with E-state index in [4.69, 9.17) is 4.74 Å². The fraction of sp³-hybridized carbons (Fsp3) is 0.552. The molecule has 3 atom stereocenters. The molecule has 1 N–H and O–H groups in total. The van der Waals surface area contributed by atoms with Crippen molar-refractivity contribution in [1.29, 1.82) is 0 Å². The molecule has 2 aromatic carbocycles. The van der Waals surface area contributed by atoms with E-state index in [9.17, 15) is 22.4 Å².